The lowest BCUT2D eigenvalue weighted by atomic mass is 10.1. The highest BCUT2D eigenvalue weighted by Gasteiger charge is 2.20. The van der Waals surface area contributed by atoms with Crippen LogP contribution >= 0.6 is 0 Å². The molecule has 0 amide bonds. The molecule has 0 fully saturated rings. The summed E-state index contributed by atoms with van der Waals surface area (Å²) in [5, 5.41) is 2.68. The Morgan fingerprint density at radius 2 is 1.91 bits per heavy atom. The van der Waals surface area contributed by atoms with Crippen LogP contribution in [-0.2, 0) is 14.3 Å². The van der Waals surface area contributed by atoms with Crippen LogP contribution in [0.3, 0.4) is 0 Å². The van der Waals surface area contributed by atoms with Crippen molar-refractivity contribution in [2.45, 2.75) is 19.4 Å². The molecule has 0 radical (unpaired) electrons. The molecule has 0 unspecified atom stereocenters. The SMILES string of the molecule is CC(C)(COS(C)(=O)=O)N=O. The maximum absolute atomic E-state index is 10.4. The lowest BCUT2D eigenvalue weighted by Crippen LogP contribution is -2.25. The lowest BCUT2D eigenvalue weighted by molar-refractivity contribution is 0.251. The van der Waals surface area contributed by atoms with Crippen LogP contribution in [0.4, 0.5) is 0 Å². The highest BCUT2D eigenvalue weighted by atomic mass is 32.2. The maximum Gasteiger partial charge on any atom is 0.264 e. The molecule has 0 aromatic carbocycles. The van der Waals surface area contributed by atoms with Crippen molar-refractivity contribution in [3.05, 3.63) is 4.91 Å². The molecule has 0 saturated carbocycles. The van der Waals surface area contributed by atoms with Crippen LogP contribution in [0, 0.1) is 4.91 Å². The van der Waals surface area contributed by atoms with E-state index in [1.54, 1.807) is 0 Å². The summed E-state index contributed by atoms with van der Waals surface area (Å²) in [4.78, 5) is 10.0. The molecule has 0 saturated heterocycles. The average Bonchev–Trinajstić information content (AvgIpc) is 1.83. The van der Waals surface area contributed by atoms with Gasteiger partial charge in [-0.2, -0.15) is 13.3 Å². The third-order valence-electron chi connectivity index (χ3n) is 0.873. The zero-order valence-corrected chi connectivity index (χ0v) is 7.51. The summed E-state index contributed by atoms with van der Waals surface area (Å²) in [6, 6.07) is 0. The fraction of sp³-hybridized carbons (Fsp3) is 1.00. The summed E-state index contributed by atoms with van der Waals surface area (Å²) in [6.07, 6.45) is 0.924. The van der Waals surface area contributed by atoms with E-state index in [2.05, 4.69) is 9.36 Å². The highest BCUT2D eigenvalue weighted by molar-refractivity contribution is 7.85. The minimum absolute atomic E-state index is 0.213. The first-order chi connectivity index (χ1) is 4.77. The van der Waals surface area contributed by atoms with Gasteiger partial charge >= 0.3 is 0 Å². The third-order valence-corrected chi connectivity index (χ3v) is 1.42. The summed E-state index contributed by atoms with van der Waals surface area (Å²) in [5.74, 6) is 0. The summed E-state index contributed by atoms with van der Waals surface area (Å²) in [7, 11) is -3.47. The number of hydrogen-bond donors (Lipinski definition) is 0. The molecule has 0 aromatic rings. The van der Waals surface area contributed by atoms with E-state index in [-0.39, 0.29) is 6.61 Å². The fourth-order valence-corrected chi connectivity index (χ4v) is 0.780. The van der Waals surface area contributed by atoms with E-state index in [1.807, 2.05) is 0 Å². The smallest absolute Gasteiger partial charge is 0.264 e. The molecule has 0 atom stereocenters. The van der Waals surface area contributed by atoms with Gasteiger partial charge in [-0.1, -0.05) is 5.18 Å². The summed E-state index contributed by atoms with van der Waals surface area (Å²) in [5.41, 5.74) is -0.983. The van der Waals surface area contributed by atoms with Crippen LogP contribution in [-0.4, -0.2) is 26.8 Å². The van der Waals surface area contributed by atoms with Crippen molar-refractivity contribution in [1.82, 2.24) is 0 Å². The molecule has 0 aliphatic rings. The number of rotatable bonds is 4. The fourth-order valence-electron chi connectivity index (χ4n) is 0.278. The van der Waals surface area contributed by atoms with E-state index in [0.29, 0.717) is 0 Å². The minimum atomic E-state index is -3.47. The van der Waals surface area contributed by atoms with E-state index in [1.165, 1.54) is 13.8 Å². The van der Waals surface area contributed by atoms with Gasteiger partial charge in [-0.15, -0.1) is 0 Å². The number of nitroso groups, excluding NO2 is 1. The summed E-state index contributed by atoms with van der Waals surface area (Å²) in [6.45, 7) is 2.77. The van der Waals surface area contributed by atoms with E-state index in [9.17, 15) is 13.3 Å². The predicted octanol–water partition coefficient (Wildman–Crippen LogP) is 0.508. The van der Waals surface area contributed by atoms with Gasteiger partial charge in [0, 0.05) is 0 Å². The van der Waals surface area contributed by atoms with E-state index < -0.39 is 15.7 Å². The molecule has 11 heavy (non-hydrogen) atoms. The molecule has 0 spiro atoms. The van der Waals surface area contributed by atoms with Crippen molar-refractivity contribution in [1.29, 1.82) is 0 Å². The van der Waals surface area contributed by atoms with Crippen LogP contribution in [0.1, 0.15) is 13.8 Å². The molecule has 0 aromatic heterocycles. The quantitative estimate of drug-likeness (QED) is 0.468. The van der Waals surface area contributed by atoms with Crippen LogP contribution < -0.4 is 0 Å². The molecular weight excluding hydrogens is 170 g/mol. The Labute approximate surface area is 65.8 Å². The first-order valence-corrected chi connectivity index (χ1v) is 4.77. The van der Waals surface area contributed by atoms with Gasteiger partial charge in [0.1, 0.15) is 5.54 Å². The van der Waals surface area contributed by atoms with E-state index >= 15 is 0 Å². The molecule has 66 valence electrons. The highest BCUT2D eigenvalue weighted by Crippen LogP contribution is 2.09. The molecular formula is C5H11NO4S. The van der Waals surface area contributed by atoms with Crippen LogP contribution in [0.2, 0.25) is 0 Å². The third kappa shape index (κ3) is 5.93. The van der Waals surface area contributed by atoms with Gasteiger partial charge in [0.15, 0.2) is 0 Å². The lowest BCUT2D eigenvalue weighted by Gasteiger charge is -2.12. The normalized spacial score (nSPS) is 13.0. The van der Waals surface area contributed by atoms with Crippen molar-refractivity contribution in [3.63, 3.8) is 0 Å². The van der Waals surface area contributed by atoms with Gasteiger partial charge in [-0.05, 0) is 13.8 Å². The predicted molar refractivity (Wildman–Crippen MR) is 40.7 cm³/mol. The van der Waals surface area contributed by atoms with E-state index in [0.717, 1.165) is 6.26 Å². The van der Waals surface area contributed by atoms with Crippen molar-refractivity contribution >= 4 is 10.1 Å². The Morgan fingerprint density at radius 3 is 2.18 bits per heavy atom. The van der Waals surface area contributed by atoms with Gasteiger partial charge in [0.05, 0.1) is 12.9 Å². The Bertz CT molecular complexity index is 231. The van der Waals surface area contributed by atoms with E-state index in [4.69, 9.17) is 0 Å². The van der Waals surface area contributed by atoms with Gasteiger partial charge in [0.2, 0.25) is 0 Å². The largest absolute Gasteiger partial charge is 0.268 e. The standard InChI is InChI=1S/C5H11NO4S/c1-5(2,6-7)4-10-11(3,8)9/h4H2,1-3H3. The monoisotopic (exact) mass is 181 g/mol. The average molecular weight is 181 g/mol. The zero-order chi connectivity index (χ0) is 9.12. The van der Waals surface area contributed by atoms with Gasteiger partial charge in [-0.25, -0.2) is 0 Å². The van der Waals surface area contributed by atoms with Crippen molar-refractivity contribution in [2.75, 3.05) is 12.9 Å². The van der Waals surface area contributed by atoms with Gasteiger partial charge < -0.3 is 0 Å². The first-order valence-electron chi connectivity index (χ1n) is 2.96. The second kappa shape index (κ2) is 3.27. The second-order valence-corrected chi connectivity index (χ2v) is 4.51. The Balaban J connectivity index is 4.00. The Hall–Kier alpha value is -0.490. The molecule has 6 heteroatoms. The second-order valence-electron chi connectivity index (χ2n) is 2.87. The topological polar surface area (TPSA) is 72.8 Å². The maximum atomic E-state index is 10.4. The molecule has 0 N–H and O–H groups in total. The minimum Gasteiger partial charge on any atom is -0.268 e. The molecule has 0 bridgehead atoms. The van der Waals surface area contributed by atoms with Gasteiger partial charge in [0.25, 0.3) is 10.1 Å². The summed E-state index contributed by atoms with van der Waals surface area (Å²) >= 11 is 0. The molecule has 0 rings (SSSR count). The summed E-state index contributed by atoms with van der Waals surface area (Å²) < 4.78 is 25.2. The Kier molecular flexibility index (Phi) is 3.13. The number of nitrogens with zero attached hydrogens (tertiary/aromatic N) is 1. The molecule has 0 aliphatic carbocycles. The van der Waals surface area contributed by atoms with Crippen LogP contribution in [0.15, 0.2) is 5.18 Å². The van der Waals surface area contributed by atoms with Crippen LogP contribution in [0.5, 0.6) is 0 Å². The molecule has 0 heterocycles. The van der Waals surface area contributed by atoms with Crippen molar-refractivity contribution in [2.24, 2.45) is 5.18 Å². The van der Waals surface area contributed by atoms with Gasteiger partial charge in [-0.3, -0.25) is 4.18 Å². The number of hydrogen-bond acceptors (Lipinski definition) is 5. The van der Waals surface area contributed by atoms with Crippen LogP contribution in [0.25, 0.3) is 0 Å². The van der Waals surface area contributed by atoms with Crippen molar-refractivity contribution in [3.8, 4) is 0 Å². The molecule has 5 nitrogen and oxygen atoms in total. The van der Waals surface area contributed by atoms with Crippen molar-refractivity contribution < 1.29 is 12.6 Å². The zero-order valence-electron chi connectivity index (χ0n) is 6.70. The molecule has 0 aliphatic heterocycles. The first kappa shape index (κ1) is 10.5. The Morgan fingerprint density at radius 1 is 1.45 bits per heavy atom.